The number of aliphatic hydroxyl groups excluding tert-OH is 2. The summed E-state index contributed by atoms with van der Waals surface area (Å²) in [6.45, 7) is 16.5. The van der Waals surface area contributed by atoms with Crippen LogP contribution in [0.4, 0.5) is 0 Å². The molecule has 294 valence electrons. The number of ether oxygens (including phenoxy) is 5. The standard InChI is InChI=1S/C40H62O12/c1-12-30-27(7)32(50-35(43)18-17-34(41)42)22-40(47,51-30)29(9)37(45)28(8)39(13-2)33(49-11)16-14-15-23(3)19-25(5)36(44)26(6)20-24(4)21-31(48-10)38(46)52-39/h14-18,20-21,25-30,32-33,36-37,44-45,47H,12-13,19,22H2,1-11H3,(H,41,42)/b16-14+,18-17+,23-15+,24-20+,31-21+/t25-,26-,27-,28+,29+,30-,32-,33+,36+,37-,39-,40-/m1/s1. The normalized spacial score (nSPS) is 37.9. The molecule has 12 heteroatoms. The molecule has 0 amide bonds. The van der Waals surface area contributed by atoms with Crippen LogP contribution in [0, 0.1) is 29.6 Å². The highest BCUT2D eigenvalue weighted by Gasteiger charge is 2.55. The van der Waals surface area contributed by atoms with Crippen LogP contribution in [-0.2, 0) is 38.1 Å². The number of hydrogen-bond donors (Lipinski definition) is 4. The van der Waals surface area contributed by atoms with Crippen molar-refractivity contribution in [1.29, 1.82) is 0 Å². The Bertz CT molecular complexity index is 1380. The van der Waals surface area contributed by atoms with Gasteiger partial charge >= 0.3 is 17.9 Å². The number of hydrogen-bond acceptors (Lipinski definition) is 11. The van der Waals surface area contributed by atoms with E-state index in [2.05, 4.69) is 0 Å². The second-order valence-corrected chi connectivity index (χ2v) is 14.6. The molecule has 2 heterocycles. The van der Waals surface area contributed by atoms with Gasteiger partial charge in [0.1, 0.15) is 17.8 Å². The molecule has 0 unspecified atom stereocenters. The van der Waals surface area contributed by atoms with Gasteiger partial charge in [0, 0.05) is 49.4 Å². The van der Waals surface area contributed by atoms with Crippen LogP contribution < -0.4 is 0 Å². The van der Waals surface area contributed by atoms with Gasteiger partial charge in [-0.1, -0.05) is 83.9 Å². The number of carbonyl (C=O) groups is 3. The van der Waals surface area contributed by atoms with Crippen molar-refractivity contribution >= 4 is 17.9 Å². The van der Waals surface area contributed by atoms with E-state index in [-0.39, 0.29) is 36.4 Å². The maximum absolute atomic E-state index is 14.0. The minimum atomic E-state index is -1.99. The fourth-order valence-electron chi connectivity index (χ4n) is 7.52. The Hall–Kier alpha value is -3.29. The van der Waals surface area contributed by atoms with E-state index < -0.39 is 71.7 Å². The summed E-state index contributed by atoms with van der Waals surface area (Å²) in [4.78, 5) is 37.4. The predicted octanol–water partition coefficient (Wildman–Crippen LogP) is 5.42. The van der Waals surface area contributed by atoms with Crippen LogP contribution >= 0.6 is 0 Å². The van der Waals surface area contributed by atoms with Gasteiger partial charge in [0.15, 0.2) is 5.79 Å². The van der Waals surface area contributed by atoms with Crippen molar-refractivity contribution in [2.24, 2.45) is 29.6 Å². The SMILES string of the molecule is CC[C@H]1O[C@@](O)([C@@H](C)[C@H](O)[C@H](C)[C@@]2(CC)OC(=O)/C(OC)=C\C(C)=C\[C@@H](C)[C@@H](O)[C@H](C)C/C(C)=C/C=C/[C@@H]2OC)C[C@@H](OC(=O)/C=C/C(=O)O)[C@@H]1C. The average molecular weight is 735 g/mol. The Morgan fingerprint density at radius 1 is 1.10 bits per heavy atom. The van der Waals surface area contributed by atoms with E-state index in [4.69, 9.17) is 28.8 Å². The Morgan fingerprint density at radius 3 is 2.31 bits per heavy atom. The third kappa shape index (κ3) is 11.1. The van der Waals surface area contributed by atoms with Gasteiger partial charge < -0.3 is 44.1 Å². The first-order chi connectivity index (χ1) is 24.3. The lowest BCUT2D eigenvalue weighted by Gasteiger charge is -2.50. The Labute approximate surface area is 309 Å². The number of aliphatic hydroxyl groups is 3. The zero-order valence-corrected chi connectivity index (χ0v) is 32.7. The summed E-state index contributed by atoms with van der Waals surface area (Å²) in [5, 5.41) is 44.1. The fraction of sp³-hybridized carbons (Fsp3) is 0.675. The lowest BCUT2D eigenvalue weighted by molar-refractivity contribution is -0.324. The van der Waals surface area contributed by atoms with E-state index >= 15 is 0 Å². The molecule has 0 bridgehead atoms. The molecule has 52 heavy (non-hydrogen) atoms. The molecule has 12 nitrogen and oxygen atoms in total. The van der Waals surface area contributed by atoms with Crippen LogP contribution in [0.5, 0.6) is 0 Å². The average Bonchev–Trinajstić information content (AvgIpc) is 3.10. The molecular formula is C40H62O12. The summed E-state index contributed by atoms with van der Waals surface area (Å²) in [7, 11) is 2.84. The van der Waals surface area contributed by atoms with Gasteiger partial charge in [-0.3, -0.25) is 0 Å². The van der Waals surface area contributed by atoms with Crippen LogP contribution in [0.1, 0.15) is 88.0 Å². The van der Waals surface area contributed by atoms with Gasteiger partial charge in [-0.25, -0.2) is 14.4 Å². The van der Waals surface area contributed by atoms with Gasteiger partial charge in [0.05, 0.1) is 25.4 Å². The van der Waals surface area contributed by atoms with E-state index in [0.717, 1.165) is 11.6 Å². The fourth-order valence-corrected chi connectivity index (χ4v) is 7.52. The van der Waals surface area contributed by atoms with Crippen LogP contribution in [0.25, 0.3) is 0 Å². The highest BCUT2D eigenvalue weighted by Crippen LogP contribution is 2.44. The van der Waals surface area contributed by atoms with Gasteiger partial charge in [0.2, 0.25) is 5.76 Å². The van der Waals surface area contributed by atoms with E-state index in [9.17, 15) is 29.7 Å². The maximum atomic E-state index is 14.0. The summed E-state index contributed by atoms with van der Waals surface area (Å²) in [6.07, 6.45) is 7.17. The third-order valence-corrected chi connectivity index (χ3v) is 10.9. The number of esters is 2. The number of allylic oxidation sites excluding steroid dienone is 5. The molecule has 2 aliphatic rings. The Kier molecular flexibility index (Phi) is 17.0. The van der Waals surface area contributed by atoms with Gasteiger partial charge in [-0.05, 0) is 45.1 Å². The zero-order valence-electron chi connectivity index (χ0n) is 32.7. The largest absolute Gasteiger partial charge is 0.490 e. The number of carboxylic acid groups (broad SMARTS) is 1. The number of rotatable bonds is 11. The van der Waals surface area contributed by atoms with E-state index in [1.165, 1.54) is 14.2 Å². The monoisotopic (exact) mass is 734 g/mol. The van der Waals surface area contributed by atoms with Crippen molar-refractivity contribution < 1.29 is 58.5 Å². The molecule has 2 aliphatic heterocycles. The molecule has 0 aromatic carbocycles. The van der Waals surface area contributed by atoms with Gasteiger partial charge in [-0.2, -0.15) is 0 Å². The smallest absolute Gasteiger partial charge is 0.374 e. The topological polar surface area (TPSA) is 178 Å². The second kappa shape index (κ2) is 19.7. The summed E-state index contributed by atoms with van der Waals surface area (Å²) in [5.41, 5.74) is 0.200. The Morgan fingerprint density at radius 2 is 1.75 bits per heavy atom. The van der Waals surface area contributed by atoms with Crippen LogP contribution in [0.2, 0.25) is 0 Å². The molecule has 0 radical (unpaired) electrons. The zero-order chi connectivity index (χ0) is 39.6. The lowest BCUT2D eigenvalue weighted by Crippen LogP contribution is -2.61. The molecule has 0 aromatic heterocycles. The molecule has 12 atom stereocenters. The molecule has 0 saturated carbocycles. The van der Waals surface area contributed by atoms with Crippen molar-refractivity contribution in [2.45, 2.75) is 130 Å². The first-order valence-electron chi connectivity index (χ1n) is 18.2. The van der Waals surface area contributed by atoms with E-state index in [1.807, 2.05) is 53.7 Å². The van der Waals surface area contributed by atoms with Crippen molar-refractivity contribution in [3.05, 3.63) is 59.4 Å². The first-order valence-corrected chi connectivity index (χ1v) is 18.2. The summed E-state index contributed by atoms with van der Waals surface area (Å²) < 4.78 is 29.7. The molecule has 0 spiro atoms. The number of methoxy groups -OCH3 is 2. The highest BCUT2D eigenvalue weighted by atomic mass is 16.6. The Balaban J connectivity index is 2.65. The predicted molar refractivity (Wildman–Crippen MR) is 195 cm³/mol. The lowest BCUT2D eigenvalue weighted by atomic mass is 9.71. The molecule has 2 rings (SSSR count). The number of cyclic esters (lactones) is 1. The molecule has 0 aliphatic carbocycles. The summed E-state index contributed by atoms with van der Waals surface area (Å²) in [5.74, 6) is -7.58. The van der Waals surface area contributed by atoms with E-state index in [0.29, 0.717) is 24.5 Å². The van der Waals surface area contributed by atoms with Crippen molar-refractivity contribution in [3.8, 4) is 0 Å². The van der Waals surface area contributed by atoms with E-state index in [1.54, 1.807) is 39.0 Å². The second-order valence-electron chi connectivity index (χ2n) is 14.6. The molecule has 1 fully saturated rings. The molecule has 4 N–H and O–H groups in total. The van der Waals surface area contributed by atoms with Crippen LogP contribution in [-0.4, -0.2) is 94.5 Å². The quantitative estimate of drug-likeness (QED) is 0.157. The maximum Gasteiger partial charge on any atom is 0.374 e. The number of carbonyl (C=O) groups excluding carboxylic acids is 2. The molecular weight excluding hydrogens is 672 g/mol. The van der Waals surface area contributed by atoms with Crippen LogP contribution in [0.3, 0.4) is 0 Å². The summed E-state index contributed by atoms with van der Waals surface area (Å²) >= 11 is 0. The highest BCUT2D eigenvalue weighted by molar-refractivity contribution is 5.90. The molecule has 1 saturated heterocycles. The van der Waals surface area contributed by atoms with Crippen molar-refractivity contribution in [2.75, 3.05) is 14.2 Å². The first kappa shape index (κ1) is 44.9. The minimum Gasteiger partial charge on any atom is -0.490 e. The minimum absolute atomic E-state index is 0.0514. The summed E-state index contributed by atoms with van der Waals surface area (Å²) in [6, 6.07) is 0. The molecule has 0 aromatic rings. The number of carboxylic acids is 1. The van der Waals surface area contributed by atoms with Crippen molar-refractivity contribution in [1.82, 2.24) is 0 Å². The van der Waals surface area contributed by atoms with Crippen molar-refractivity contribution in [3.63, 3.8) is 0 Å². The van der Waals surface area contributed by atoms with Gasteiger partial charge in [-0.15, -0.1) is 0 Å². The third-order valence-electron chi connectivity index (χ3n) is 10.9. The number of aliphatic carboxylic acids is 1. The van der Waals surface area contributed by atoms with Crippen LogP contribution in [0.15, 0.2) is 59.4 Å². The van der Waals surface area contributed by atoms with Gasteiger partial charge in [0.25, 0.3) is 0 Å².